The van der Waals surface area contributed by atoms with Gasteiger partial charge in [0.1, 0.15) is 0 Å². The number of nitrogens with two attached hydrogens (primary N) is 1. The lowest BCUT2D eigenvalue weighted by molar-refractivity contribution is -0.118. The Balaban J connectivity index is 1.97. The van der Waals surface area contributed by atoms with Crippen molar-refractivity contribution >= 4 is 28.9 Å². The van der Waals surface area contributed by atoms with Gasteiger partial charge in [-0.1, -0.05) is 23.7 Å². The Bertz CT molecular complexity index is 656. The average molecular weight is 309 g/mol. The highest BCUT2D eigenvalue weighted by Gasteiger charge is 2.11. The molecule has 0 bridgehead atoms. The van der Waals surface area contributed by atoms with Crippen LogP contribution in [0, 0.1) is 12.7 Å². The number of halogens is 2. The van der Waals surface area contributed by atoms with E-state index in [1.54, 1.807) is 18.2 Å². The quantitative estimate of drug-likeness (QED) is 0.851. The molecule has 0 atom stereocenters. The van der Waals surface area contributed by atoms with Crippen molar-refractivity contribution < 1.29 is 13.9 Å². The molecule has 0 radical (unpaired) electrons. The monoisotopic (exact) mass is 308 g/mol. The summed E-state index contributed by atoms with van der Waals surface area (Å²) < 4.78 is 18.6. The van der Waals surface area contributed by atoms with E-state index in [9.17, 15) is 9.18 Å². The van der Waals surface area contributed by atoms with Gasteiger partial charge in [-0.15, -0.1) is 0 Å². The van der Waals surface area contributed by atoms with Gasteiger partial charge in [-0.3, -0.25) is 4.79 Å². The van der Waals surface area contributed by atoms with Crippen LogP contribution in [0.15, 0.2) is 36.4 Å². The third kappa shape index (κ3) is 3.86. The summed E-state index contributed by atoms with van der Waals surface area (Å²) in [7, 11) is 0. The van der Waals surface area contributed by atoms with Gasteiger partial charge in [-0.2, -0.15) is 0 Å². The number of amides is 1. The van der Waals surface area contributed by atoms with Crippen LogP contribution in [0.25, 0.3) is 0 Å². The number of hydrogen-bond acceptors (Lipinski definition) is 3. The summed E-state index contributed by atoms with van der Waals surface area (Å²) in [6.07, 6.45) is 0. The third-order valence-electron chi connectivity index (χ3n) is 2.83. The number of nitrogen functional groups attached to an aromatic ring is 1. The van der Waals surface area contributed by atoms with Gasteiger partial charge in [-0.05, 0) is 36.8 Å². The summed E-state index contributed by atoms with van der Waals surface area (Å²) >= 11 is 5.80. The summed E-state index contributed by atoms with van der Waals surface area (Å²) in [5.41, 5.74) is 7.79. The van der Waals surface area contributed by atoms with Crippen molar-refractivity contribution in [2.24, 2.45) is 0 Å². The number of carbonyl (C=O) groups excluding carboxylic acids is 1. The van der Waals surface area contributed by atoms with E-state index in [2.05, 4.69) is 5.32 Å². The third-order valence-corrected chi connectivity index (χ3v) is 3.13. The van der Waals surface area contributed by atoms with Crippen molar-refractivity contribution in [1.29, 1.82) is 0 Å². The van der Waals surface area contributed by atoms with Crippen molar-refractivity contribution in [3.63, 3.8) is 0 Å². The van der Waals surface area contributed by atoms with E-state index >= 15 is 0 Å². The van der Waals surface area contributed by atoms with E-state index in [0.717, 1.165) is 5.56 Å². The highest BCUT2D eigenvalue weighted by molar-refractivity contribution is 6.32. The van der Waals surface area contributed by atoms with Crippen LogP contribution in [0.1, 0.15) is 5.56 Å². The van der Waals surface area contributed by atoms with Crippen LogP contribution in [0.2, 0.25) is 5.02 Å². The summed E-state index contributed by atoms with van der Waals surface area (Å²) in [6.45, 7) is 1.51. The molecule has 0 heterocycles. The molecule has 0 aliphatic heterocycles. The summed E-state index contributed by atoms with van der Waals surface area (Å²) in [5.74, 6) is -1.19. The SMILES string of the molecule is Cc1ccc(NC(=O)COc2c(F)cccc2Cl)cc1N. The van der Waals surface area contributed by atoms with E-state index < -0.39 is 11.7 Å². The van der Waals surface area contributed by atoms with Gasteiger partial charge in [0.2, 0.25) is 0 Å². The van der Waals surface area contributed by atoms with Gasteiger partial charge in [0, 0.05) is 11.4 Å². The Kier molecular flexibility index (Phi) is 4.65. The molecule has 2 rings (SSSR count). The Labute approximate surface area is 126 Å². The molecule has 2 aromatic rings. The zero-order valence-electron chi connectivity index (χ0n) is 11.3. The van der Waals surface area contributed by atoms with Crippen molar-refractivity contribution in [3.8, 4) is 5.75 Å². The highest BCUT2D eigenvalue weighted by atomic mass is 35.5. The van der Waals surface area contributed by atoms with Crippen molar-refractivity contribution in [3.05, 3.63) is 52.8 Å². The predicted molar refractivity (Wildman–Crippen MR) is 81.1 cm³/mol. The molecule has 0 saturated carbocycles. The van der Waals surface area contributed by atoms with E-state index in [1.165, 1.54) is 18.2 Å². The van der Waals surface area contributed by atoms with Crippen LogP contribution in [0.4, 0.5) is 15.8 Å². The van der Waals surface area contributed by atoms with Gasteiger partial charge in [0.15, 0.2) is 18.2 Å². The standard InChI is InChI=1S/C15H14ClFN2O2/c1-9-5-6-10(7-13(9)18)19-14(20)8-21-15-11(16)3-2-4-12(15)17/h2-7H,8,18H2,1H3,(H,19,20). The first-order valence-electron chi connectivity index (χ1n) is 6.20. The minimum Gasteiger partial charge on any atom is -0.479 e. The number of anilines is 2. The second kappa shape index (κ2) is 6.45. The molecule has 0 aliphatic rings. The molecule has 0 aliphatic carbocycles. The molecule has 3 N–H and O–H groups in total. The highest BCUT2D eigenvalue weighted by Crippen LogP contribution is 2.27. The fourth-order valence-corrected chi connectivity index (χ4v) is 1.89. The second-order valence-electron chi connectivity index (χ2n) is 4.46. The fourth-order valence-electron chi connectivity index (χ4n) is 1.67. The minimum absolute atomic E-state index is 0.113. The van der Waals surface area contributed by atoms with Crippen LogP contribution in [-0.2, 0) is 4.79 Å². The van der Waals surface area contributed by atoms with Gasteiger partial charge in [-0.25, -0.2) is 4.39 Å². The van der Waals surface area contributed by atoms with Crippen LogP contribution < -0.4 is 15.8 Å². The van der Waals surface area contributed by atoms with Crippen molar-refractivity contribution in [1.82, 2.24) is 0 Å². The summed E-state index contributed by atoms with van der Waals surface area (Å²) in [5, 5.41) is 2.72. The van der Waals surface area contributed by atoms with Gasteiger partial charge in [0.05, 0.1) is 5.02 Å². The van der Waals surface area contributed by atoms with Gasteiger partial charge in [0.25, 0.3) is 5.91 Å². The number of rotatable bonds is 4. The lowest BCUT2D eigenvalue weighted by atomic mass is 10.2. The molecule has 110 valence electrons. The molecular weight excluding hydrogens is 295 g/mol. The number of nitrogens with one attached hydrogen (secondary N) is 1. The number of carbonyl (C=O) groups is 1. The normalized spacial score (nSPS) is 10.2. The first-order valence-corrected chi connectivity index (χ1v) is 6.58. The molecule has 0 aromatic heterocycles. The Morgan fingerprint density at radius 1 is 1.38 bits per heavy atom. The van der Waals surface area contributed by atoms with Gasteiger partial charge < -0.3 is 15.8 Å². The number of ether oxygens (including phenoxy) is 1. The van der Waals surface area contributed by atoms with Crippen LogP contribution in [0.3, 0.4) is 0 Å². The predicted octanol–water partition coefficient (Wildman–Crippen LogP) is 3.39. The van der Waals surface area contributed by atoms with Crippen molar-refractivity contribution in [2.45, 2.75) is 6.92 Å². The molecule has 0 saturated heterocycles. The Morgan fingerprint density at radius 3 is 2.81 bits per heavy atom. The number of para-hydroxylation sites is 1. The lowest BCUT2D eigenvalue weighted by Crippen LogP contribution is -2.20. The second-order valence-corrected chi connectivity index (χ2v) is 4.87. The number of hydrogen-bond donors (Lipinski definition) is 2. The molecule has 0 fully saturated rings. The molecule has 0 unspecified atom stereocenters. The first kappa shape index (κ1) is 15.1. The van der Waals surface area contributed by atoms with E-state index in [-0.39, 0.29) is 17.4 Å². The molecule has 4 nitrogen and oxygen atoms in total. The molecule has 0 spiro atoms. The zero-order valence-corrected chi connectivity index (χ0v) is 12.1. The average Bonchev–Trinajstić information content (AvgIpc) is 2.42. The topological polar surface area (TPSA) is 64.3 Å². The van der Waals surface area contributed by atoms with E-state index in [1.807, 2.05) is 6.92 Å². The molecule has 1 amide bonds. The largest absolute Gasteiger partial charge is 0.479 e. The summed E-state index contributed by atoms with van der Waals surface area (Å²) in [6, 6.07) is 9.31. The van der Waals surface area contributed by atoms with E-state index in [0.29, 0.717) is 11.4 Å². The van der Waals surface area contributed by atoms with Crippen LogP contribution in [-0.4, -0.2) is 12.5 Å². The van der Waals surface area contributed by atoms with Crippen molar-refractivity contribution in [2.75, 3.05) is 17.7 Å². The zero-order chi connectivity index (χ0) is 15.4. The van der Waals surface area contributed by atoms with Gasteiger partial charge >= 0.3 is 0 Å². The Hall–Kier alpha value is -2.27. The maximum Gasteiger partial charge on any atom is 0.262 e. The maximum absolute atomic E-state index is 13.5. The number of benzene rings is 2. The lowest BCUT2D eigenvalue weighted by Gasteiger charge is -2.10. The fraction of sp³-hybridized carbons (Fsp3) is 0.133. The van der Waals surface area contributed by atoms with Crippen LogP contribution in [0.5, 0.6) is 5.75 Å². The molecule has 6 heteroatoms. The number of aryl methyl sites for hydroxylation is 1. The molecular formula is C15H14ClFN2O2. The minimum atomic E-state index is -0.616. The Morgan fingerprint density at radius 2 is 2.14 bits per heavy atom. The maximum atomic E-state index is 13.5. The van der Waals surface area contributed by atoms with Crippen LogP contribution >= 0.6 is 11.6 Å². The smallest absolute Gasteiger partial charge is 0.262 e. The first-order chi connectivity index (χ1) is 9.97. The molecule has 21 heavy (non-hydrogen) atoms. The molecule has 2 aromatic carbocycles. The summed E-state index contributed by atoms with van der Waals surface area (Å²) in [4.78, 5) is 11.8. The van der Waals surface area contributed by atoms with E-state index in [4.69, 9.17) is 22.1 Å².